The lowest BCUT2D eigenvalue weighted by Gasteiger charge is -2.00. The van der Waals surface area contributed by atoms with E-state index in [1.807, 2.05) is 0 Å². The third kappa shape index (κ3) is 3.12. The molecule has 20 heavy (non-hydrogen) atoms. The SMILES string of the molecule is Cc1ccc(/C=C/Sc2ccc3ccccc3c2)cc1. The third-order valence-corrected chi connectivity index (χ3v) is 4.06. The van der Waals surface area contributed by atoms with E-state index in [0.717, 1.165) is 0 Å². The van der Waals surface area contributed by atoms with Gasteiger partial charge in [-0.05, 0) is 46.9 Å². The van der Waals surface area contributed by atoms with Crippen molar-refractivity contribution in [2.75, 3.05) is 0 Å². The van der Waals surface area contributed by atoms with Crippen molar-refractivity contribution in [1.82, 2.24) is 0 Å². The molecule has 0 unspecified atom stereocenters. The Bertz CT molecular complexity index is 739. The summed E-state index contributed by atoms with van der Waals surface area (Å²) >= 11 is 1.75. The maximum Gasteiger partial charge on any atom is 0.0122 e. The Balaban J connectivity index is 1.74. The number of fused-ring (bicyclic) bond motifs is 1. The molecule has 0 spiro atoms. The fourth-order valence-corrected chi connectivity index (χ4v) is 2.83. The molecule has 0 bridgehead atoms. The zero-order valence-electron chi connectivity index (χ0n) is 11.4. The van der Waals surface area contributed by atoms with Crippen LogP contribution in [0.2, 0.25) is 0 Å². The summed E-state index contributed by atoms with van der Waals surface area (Å²) in [5, 5.41) is 4.73. The van der Waals surface area contributed by atoms with Crippen LogP contribution in [0.4, 0.5) is 0 Å². The third-order valence-electron chi connectivity index (χ3n) is 3.26. The first-order valence-electron chi connectivity index (χ1n) is 6.70. The Morgan fingerprint density at radius 2 is 1.55 bits per heavy atom. The van der Waals surface area contributed by atoms with Crippen molar-refractivity contribution < 1.29 is 0 Å². The first kappa shape index (κ1) is 13.0. The van der Waals surface area contributed by atoms with Crippen molar-refractivity contribution in [3.8, 4) is 0 Å². The van der Waals surface area contributed by atoms with Gasteiger partial charge in [0.25, 0.3) is 0 Å². The second kappa shape index (κ2) is 5.98. The molecule has 3 aromatic rings. The minimum absolute atomic E-state index is 1.24. The molecule has 0 heterocycles. The smallest absolute Gasteiger partial charge is 0.0122 e. The Morgan fingerprint density at radius 3 is 2.35 bits per heavy atom. The monoisotopic (exact) mass is 276 g/mol. The Labute approximate surface area is 124 Å². The van der Waals surface area contributed by atoms with E-state index in [0.29, 0.717) is 0 Å². The van der Waals surface area contributed by atoms with Gasteiger partial charge in [0.1, 0.15) is 0 Å². The van der Waals surface area contributed by atoms with Crippen molar-refractivity contribution in [2.45, 2.75) is 11.8 Å². The lowest BCUT2D eigenvalue weighted by Crippen LogP contribution is -1.74. The zero-order valence-corrected chi connectivity index (χ0v) is 12.2. The predicted molar refractivity (Wildman–Crippen MR) is 90.0 cm³/mol. The number of benzene rings is 3. The van der Waals surface area contributed by atoms with Gasteiger partial charge in [-0.3, -0.25) is 0 Å². The van der Waals surface area contributed by atoms with E-state index < -0.39 is 0 Å². The molecule has 0 fully saturated rings. The lowest BCUT2D eigenvalue weighted by molar-refractivity contribution is 1.46. The zero-order chi connectivity index (χ0) is 13.8. The van der Waals surface area contributed by atoms with E-state index in [-0.39, 0.29) is 0 Å². The van der Waals surface area contributed by atoms with Crippen LogP contribution in [0, 0.1) is 6.92 Å². The van der Waals surface area contributed by atoms with Gasteiger partial charge in [-0.25, -0.2) is 0 Å². The fraction of sp³-hybridized carbons (Fsp3) is 0.0526. The van der Waals surface area contributed by atoms with Gasteiger partial charge < -0.3 is 0 Å². The van der Waals surface area contributed by atoms with E-state index in [1.54, 1.807) is 11.8 Å². The van der Waals surface area contributed by atoms with Crippen molar-refractivity contribution in [3.05, 3.63) is 83.3 Å². The quantitative estimate of drug-likeness (QED) is 0.536. The molecule has 0 N–H and O–H groups in total. The van der Waals surface area contributed by atoms with Gasteiger partial charge in [0.05, 0.1) is 0 Å². The molecule has 0 aliphatic heterocycles. The van der Waals surface area contributed by atoms with E-state index in [2.05, 4.69) is 85.1 Å². The van der Waals surface area contributed by atoms with Crippen LogP contribution < -0.4 is 0 Å². The maximum atomic E-state index is 2.24. The predicted octanol–water partition coefficient (Wildman–Crippen LogP) is 5.91. The van der Waals surface area contributed by atoms with Crippen LogP contribution in [0.15, 0.2) is 77.0 Å². The minimum atomic E-state index is 1.24. The summed E-state index contributed by atoms with van der Waals surface area (Å²) in [5.41, 5.74) is 2.54. The average molecular weight is 276 g/mol. The second-order valence-corrected chi connectivity index (χ2v) is 5.82. The molecule has 0 nitrogen and oxygen atoms in total. The molecule has 0 amide bonds. The van der Waals surface area contributed by atoms with Gasteiger partial charge in [-0.2, -0.15) is 0 Å². The van der Waals surface area contributed by atoms with Crippen LogP contribution in [0.5, 0.6) is 0 Å². The van der Waals surface area contributed by atoms with Gasteiger partial charge in [-0.15, -0.1) is 0 Å². The Kier molecular flexibility index (Phi) is 3.89. The summed E-state index contributed by atoms with van der Waals surface area (Å²) in [4.78, 5) is 1.27. The molecule has 0 saturated carbocycles. The highest BCUT2D eigenvalue weighted by Gasteiger charge is 1.95. The first-order chi connectivity index (χ1) is 9.81. The topological polar surface area (TPSA) is 0 Å². The summed E-state index contributed by atoms with van der Waals surface area (Å²) in [7, 11) is 0. The van der Waals surface area contributed by atoms with E-state index in [4.69, 9.17) is 0 Å². The van der Waals surface area contributed by atoms with E-state index in [1.165, 1.54) is 26.8 Å². The minimum Gasteiger partial charge on any atom is -0.0980 e. The van der Waals surface area contributed by atoms with Gasteiger partial charge >= 0.3 is 0 Å². The Hall–Kier alpha value is -1.99. The number of hydrogen-bond acceptors (Lipinski definition) is 1. The van der Waals surface area contributed by atoms with Gasteiger partial charge in [-0.1, -0.05) is 71.9 Å². The molecule has 0 aliphatic carbocycles. The molecular weight excluding hydrogens is 260 g/mol. The summed E-state index contributed by atoms with van der Waals surface area (Å²) in [6, 6.07) is 23.6. The molecule has 0 atom stereocenters. The number of hydrogen-bond donors (Lipinski definition) is 0. The van der Waals surface area contributed by atoms with Gasteiger partial charge in [0.2, 0.25) is 0 Å². The van der Waals surface area contributed by atoms with Crippen LogP contribution in [-0.4, -0.2) is 0 Å². The molecule has 3 aromatic carbocycles. The molecular formula is C19H16S. The average Bonchev–Trinajstić information content (AvgIpc) is 2.49. The summed E-state index contributed by atoms with van der Waals surface area (Å²) in [6.45, 7) is 2.11. The second-order valence-electron chi connectivity index (χ2n) is 4.84. The normalized spacial score (nSPS) is 11.2. The molecule has 0 saturated heterocycles. The summed E-state index contributed by atoms with van der Waals surface area (Å²) < 4.78 is 0. The molecule has 3 rings (SSSR count). The summed E-state index contributed by atoms with van der Waals surface area (Å²) in [6.07, 6.45) is 2.15. The van der Waals surface area contributed by atoms with Crippen LogP contribution in [0.3, 0.4) is 0 Å². The highest BCUT2D eigenvalue weighted by Crippen LogP contribution is 2.25. The fourth-order valence-electron chi connectivity index (χ4n) is 2.11. The Morgan fingerprint density at radius 1 is 0.800 bits per heavy atom. The van der Waals surface area contributed by atoms with Crippen molar-refractivity contribution in [2.24, 2.45) is 0 Å². The summed E-state index contributed by atoms with van der Waals surface area (Å²) in [5.74, 6) is 0. The standard InChI is InChI=1S/C19H16S/c1-15-6-8-16(9-7-15)12-13-20-19-11-10-17-4-2-3-5-18(17)14-19/h2-14H,1H3/b13-12+. The van der Waals surface area contributed by atoms with Crippen LogP contribution in [-0.2, 0) is 0 Å². The lowest BCUT2D eigenvalue weighted by atomic mass is 10.1. The van der Waals surface area contributed by atoms with Crippen molar-refractivity contribution in [3.63, 3.8) is 0 Å². The van der Waals surface area contributed by atoms with Crippen LogP contribution in [0.1, 0.15) is 11.1 Å². The van der Waals surface area contributed by atoms with E-state index >= 15 is 0 Å². The first-order valence-corrected chi connectivity index (χ1v) is 7.58. The number of rotatable bonds is 3. The van der Waals surface area contributed by atoms with Crippen LogP contribution >= 0.6 is 11.8 Å². The molecule has 0 radical (unpaired) electrons. The highest BCUT2D eigenvalue weighted by molar-refractivity contribution is 8.02. The van der Waals surface area contributed by atoms with E-state index in [9.17, 15) is 0 Å². The molecule has 0 aliphatic rings. The highest BCUT2D eigenvalue weighted by atomic mass is 32.2. The molecule has 0 aromatic heterocycles. The van der Waals surface area contributed by atoms with Gasteiger partial charge in [0, 0.05) is 4.90 Å². The van der Waals surface area contributed by atoms with Gasteiger partial charge in [0.15, 0.2) is 0 Å². The van der Waals surface area contributed by atoms with Crippen molar-refractivity contribution >= 4 is 28.6 Å². The van der Waals surface area contributed by atoms with Crippen LogP contribution in [0.25, 0.3) is 16.8 Å². The maximum absolute atomic E-state index is 2.24. The largest absolute Gasteiger partial charge is 0.0980 e. The van der Waals surface area contributed by atoms with Crippen molar-refractivity contribution in [1.29, 1.82) is 0 Å². The number of aryl methyl sites for hydroxylation is 1. The molecule has 1 heteroatoms. The number of thioether (sulfide) groups is 1. The molecule has 98 valence electrons.